The van der Waals surface area contributed by atoms with Gasteiger partial charge in [0.05, 0.1) is 0 Å². The van der Waals surface area contributed by atoms with Gasteiger partial charge in [-0.3, -0.25) is 0 Å². The third-order valence-corrected chi connectivity index (χ3v) is 0. The van der Waals surface area contributed by atoms with Crippen molar-refractivity contribution in [2.24, 2.45) is 0 Å². The second-order valence-corrected chi connectivity index (χ2v) is 0.226. The molecule has 0 saturated carbocycles. The van der Waals surface area contributed by atoms with Crippen molar-refractivity contribution in [1.82, 2.24) is 0 Å². The monoisotopic (exact) mass is 84.0 g/mol. The summed E-state index contributed by atoms with van der Waals surface area (Å²) in [5.74, 6) is 0. The van der Waals surface area contributed by atoms with E-state index in [1.54, 1.807) is 0 Å². The predicted molar refractivity (Wildman–Crippen MR) is 11.2 cm³/mol. The first-order valence-electron chi connectivity index (χ1n) is 0.582. The predicted octanol–water partition coefficient (Wildman–Crippen LogP) is 0.221. The van der Waals surface area contributed by atoms with Gasteiger partial charge in [-0.2, -0.15) is 0 Å². The van der Waals surface area contributed by atoms with E-state index < -0.39 is 6.29 Å². The zero-order valence-corrected chi connectivity index (χ0v) is 2.16. The lowest BCUT2D eigenvalue weighted by Crippen LogP contribution is -1.54. The van der Waals surface area contributed by atoms with E-state index in [9.17, 15) is 8.78 Å². The normalized spacial score (nSPS) is 5.20. The summed E-state index contributed by atoms with van der Waals surface area (Å²) in [6, 6.07) is 0. The Morgan fingerprint density at radius 1 is 1.40 bits per heavy atom. The fourth-order valence-electron chi connectivity index (χ4n) is 0. The lowest BCUT2D eigenvalue weighted by molar-refractivity contribution is 0.199. The molecule has 4 heteroatoms. The van der Waals surface area contributed by atoms with Crippen LogP contribution in [0.3, 0.4) is 0 Å². The van der Waals surface area contributed by atoms with E-state index in [0.29, 0.717) is 0 Å². The topological polar surface area (TPSA) is 48.6 Å². The van der Waals surface area contributed by atoms with Crippen molar-refractivity contribution < 1.29 is 19.1 Å². The molecule has 0 fully saturated rings. The Labute approximate surface area is 26.7 Å². The number of hydrogen-bond donors (Lipinski definition) is 0. The second-order valence-electron chi connectivity index (χ2n) is 0.226. The first-order chi connectivity index (χ1) is 1.73. The summed E-state index contributed by atoms with van der Waals surface area (Å²) in [6.07, 6.45) is -2.83. The molecule has 0 radical (unpaired) electrons. The molecular formula is CH2F2O2. The van der Waals surface area contributed by atoms with E-state index in [-0.39, 0.29) is 5.48 Å². The van der Waals surface area contributed by atoms with E-state index in [2.05, 4.69) is 0 Å². The largest absolute Gasteiger partial charge is 0.483 e. The van der Waals surface area contributed by atoms with Crippen LogP contribution in [0.15, 0.2) is 0 Å². The van der Waals surface area contributed by atoms with Crippen LogP contribution in [0.4, 0.5) is 13.6 Å². The van der Waals surface area contributed by atoms with Gasteiger partial charge in [0.15, 0.2) is 0 Å². The molecule has 0 rings (SSSR count). The molecule has 0 saturated heterocycles. The zero-order chi connectivity index (χ0) is 3.58. The molecule has 0 bridgehead atoms. The molecule has 2 nitrogen and oxygen atoms in total. The number of halogens is 2. The average molecular weight is 84.0 g/mol. The third kappa shape index (κ3) is 29.8. The molecule has 0 amide bonds. The molecule has 32 valence electrons. The highest BCUT2D eigenvalue weighted by Crippen LogP contribution is 1.70. The summed E-state index contributed by atoms with van der Waals surface area (Å²) >= 11 is 0. The third-order valence-electron chi connectivity index (χ3n) is 0. The summed E-state index contributed by atoms with van der Waals surface area (Å²) < 4.78 is 19.4. The summed E-state index contributed by atoms with van der Waals surface area (Å²) in [4.78, 5) is 8.11. The highest BCUT2D eigenvalue weighted by molar-refractivity contribution is 5.55. The van der Waals surface area contributed by atoms with Gasteiger partial charge in [0.25, 0.3) is 0 Å². The molecule has 0 aromatic rings. The first-order valence-corrected chi connectivity index (χ1v) is 0.582. The van der Waals surface area contributed by atoms with Gasteiger partial charge in [0, 0.05) is 0 Å². The average Bonchev–Trinajstić information content (AvgIpc) is 0.811. The zero-order valence-electron chi connectivity index (χ0n) is 2.16. The maximum absolute atomic E-state index is 9.69. The Morgan fingerprint density at radius 2 is 1.40 bits per heavy atom. The quantitative estimate of drug-likeness (QED) is 0.387. The fraction of sp³-hybridized carbons (Fsp3) is 0. The van der Waals surface area contributed by atoms with E-state index in [4.69, 9.17) is 4.79 Å². The van der Waals surface area contributed by atoms with Crippen molar-refractivity contribution in [1.29, 1.82) is 0 Å². The molecule has 5 heavy (non-hydrogen) atoms. The maximum atomic E-state index is 9.69. The molecule has 0 aromatic heterocycles. The maximum Gasteiger partial charge on any atom is 0.483 e. The highest BCUT2D eigenvalue weighted by atomic mass is 19.3. The van der Waals surface area contributed by atoms with Crippen LogP contribution in [-0.4, -0.2) is 11.8 Å². The molecule has 0 aliphatic carbocycles. The van der Waals surface area contributed by atoms with Crippen LogP contribution in [0, 0.1) is 0 Å². The molecule has 0 aromatic carbocycles. The highest BCUT2D eigenvalue weighted by Gasteiger charge is 1.78. The Kier molecular flexibility index (Phi) is 6.16. The van der Waals surface area contributed by atoms with Gasteiger partial charge in [-0.15, -0.1) is 8.78 Å². The van der Waals surface area contributed by atoms with Crippen molar-refractivity contribution in [2.45, 2.75) is 0 Å². The molecule has 2 N–H and O–H groups in total. The smallest absolute Gasteiger partial charge is 0.412 e. The van der Waals surface area contributed by atoms with Crippen LogP contribution in [0.25, 0.3) is 0 Å². The molecule has 0 aliphatic heterocycles. The van der Waals surface area contributed by atoms with Gasteiger partial charge in [0.1, 0.15) is 0 Å². The fourth-order valence-corrected chi connectivity index (χ4v) is 0. The number of carbonyl (C=O) groups excluding carboxylic acids is 1. The molecule has 0 aliphatic rings. The van der Waals surface area contributed by atoms with Gasteiger partial charge >= 0.3 is 6.29 Å². The van der Waals surface area contributed by atoms with Gasteiger partial charge < -0.3 is 5.48 Å². The Balaban J connectivity index is 0. The van der Waals surface area contributed by atoms with Crippen LogP contribution in [0.2, 0.25) is 0 Å². The minimum absolute atomic E-state index is 0. The number of hydrogen-bond acceptors (Lipinski definition) is 1. The van der Waals surface area contributed by atoms with E-state index >= 15 is 0 Å². The molecule has 0 unspecified atom stereocenters. The standard InChI is InChI=1S/CF2O.H2O/c2-1(3)4;/h;1H2. The molecule has 0 heterocycles. The van der Waals surface area contributed by atoms with Crippen molar-refractivity contribution in [3.8, 4) is 0 Å². The summed E-state index contributed by atoms with van der Waals surface area (Å²) in [7, 11) is 0. The van der Waals surface area contributed by atoms with Crippen molar-refractivity contribution in [2.75, 3.05) is 0 Å². The van der Waals surface area contributed by atoms with Crippen molar-refractivity contribution in [3.05, 3.63) is 0 Å². The minimum Gasteiger partial charge on any atom is -0.412 e. The van der Waals surface area contributed by atoms with Crippen LogP contribution in [0.1, 0.15) is 0 Å². The van der Waals surface area contributed by atoms with E-state index in [0.717, 1.165) is 0 Å². The van der Waals surface area contributed by atoms with E-state index in [1.165, 1.54) is 0 Å². The van der Waals surface area contributed by atoms with Gasteiger partial charge in [0.2, 0.25) is 0 Å². The summed E-state index contributed by atoms with van der Waals surface area (Å²) in [5.41, 5.74) is 0. The molecule has 0 atom stereocenters. The van der Waals surface area contributed by atoms with E-state index in [1.807, 2.05) is 0 Å². The Hall–Kier alpha value is -0.510. The Morgan fingerprint density at radius 3 is 1.40 bits per heavy atom. The SMILES string of the molecule is O.O=C(F)F. The number of carbonyl (C=O) groups is 1. The van der Waals surface area contributed by atoms with Gasteiger partial charge in [-0.05, 0) is 0 Å². The van der Waals surface area contributed by atoms with Crippen LogP contribution in [-0.2, 0) is 0 Å². The van der Waals surface area contributed by atoms with Crippen LogP contribution >= 0.6 is 0 Å². The lowest BCUT2D eigenvalue weighted by atomic mass is 11.6. The van der Waals surface area contributed by atoms with Crippen molar-refractivity contribution >= 4 is 6.29 Å². The first kappa shape index (κ1) is 8.82. The van der Waals surface area contributed by atoms with Gasteiger partial charge in [-0.1, -0.05) is 0 Å². The van der Waals surface area contributed by atoms with Crippen LogP contribution < -0.4 is 0 Å². The van der Waals surface area contributed by atoms with Gasteiger partial charge in [-0.25, -0.2) is 4.79 Å². The molecule has 0 spiro atoms. The Bertz CT molecular complexity index is 30.6. The lowest BCUT2D eigenvalue weighted by Gasteiger charge is -1.45. The van der Waals surface area contributed by atoms with Crippen LogP contribution in [0.5, 0.6) is 0 Å². The second kappa shape index (κ2) is 3.49. The summed E-state index contributed by atoms with van der Waals surface area (Å²) in [6.45, 7) is 0. The number of rotatable bonds is 0. The van der Waals surface area contributed by atoms with Crippen molar-refractivity contribution in [3.63, 3.8) is 0 Å². The summed E-state index contributed by atoms with van der Waals surface area (Å²) in [5, 5.41) is 0. The molecular weight excluding hydrogens is 82.0 g/mol. The minimum atomic E-state index is -2.83.